The number of ether oxygens (including phenoxy) is 1. The number of amides is 2. The van der Waals surface area contributed by atoms with E-state index in [1.165, 1.54) is 4.90 Å². The van der Waals surface area contributed by atoms with Crippen LogP contribution in [0, 0.1) is 13.8 Å². The molecule has 0 unspecified atom stereocenters. The summed E-state index contributed by atoms with van der Waals surface area (Å²) in [5.41, 5.74) is 4.08. The van der Waals surface area contributed by atoms with E-state index in [4.69, 9.17) is 4.74 Å². The summed E-state index contributed by atoms with van der Waals surface area (Å²) in [7, 11) is 0. The highest BCUT2D eigenvalue weighted by Crippen LogP contribution is 2.24. The molecular weight excluding hydrogens is 470 g/mol. The molecule has 1 aliphatic rings. The van der Waals surface area contributed by atoms with Crippen molar-refractivity contribution < 1.29 is 24.5 Å². The van der Waals surface area contributed by atoms with Crippen LogP contribution in [-0.2, 0) is 16.1 Å². The van der Waals surface area contributed by atoms with Crippen LogP contribution in [-0.4, -0.2) is 65.3 Å². The zero-order valence-corrected chi connectivity index (χ0v) is 21.1. The highest BCUT2D eigenvalue weighted by atomic mass is 16.5. The number of aliphatic hydroxyl groups excluding tert-OH is 2. The fraction of sp³-hybridized carbons (Fsp3) is 0.310. The van der Waals surface area contributed by atoms with Gasteiger partial charge in [0.05, 0.1) is 0 Å². The van der Waals surface area contributed by atoms with Gasteiger partial charge in [-0.3, -0.25) is 9.59 Å². The lowest BCUT2D eigenvalue weighted by Crippen LogP contribution is -2.55. The van der Waals surface area contributed by atoms with Crippen LogP contribution in [0.15, 0.2) is 72.8 Å². The van der Waals surface area contributed by atoms with E-state index in [0.717, 1.165) is 28.1 Å². The van der Waals surface area contributed by atoms with Crippen molar-refractivity contribution in [2.24, 2.45) is 0 Å². The minimum Gasteiger partial charge on any atom is -0.457 e. The van der Waals surface area contributed by atoms with Crippen molar-refractivity contribution in [2.45, 2.75) is 32.6 Å². The Labute approximate surface area is 217 Å². The van der Waals surface area contributed by atoms with Crippen LogP contribution >= 0.6 is 0 Å². The van der Waals surface area contributed by atoms with Gasteiger partial charge in [-0.25, -0.2) is 0 Å². The summed E-state index contributed by atoms with van der Waals surface area (Å²) in [6.07, 6.45) is -3.68. The number of carbonyl (C=O) groups is 2. The Morgan fingerprint density at radius 1 is 0.838 bits per heavy atom. The molecule has 1 saturated heterocycles. The summed E-state index contributed by atoms with van der Waals surface area (Å²) in [4.78, 5) is 28.8. The van der Waals surface area contributed by atoms with Crippen molar-refractivity contribution >= 4 is 17.5 Å². The third-order valence-electron chi connectivity index (χ3n) is 6.35. The lowest BCUT2D eigenvalue weighted by Gasteiger charge is -2.37. The molecule has 0 aliphatic carbocycles. The van der Waals surface area contributed by atoms with Crippen molar-refractivity contribution in [3.8, 4) is 11.5 Å². The van der Waals surface area contributed by atoms with E-state index in [2.05, 4.69) is 16.3 Å². The molecule has 0 radical (unpaired) electrons. The number of hydrogen-bond donors (Lipinski definition) is 3. The monoisotopic (exact) mass is 503 g/mol. The summed E-state index contributed by atoms with van der Waals surface area (Å²) in [5, 5.41) is 23.3. The van der Waals surface area contributed by atoms with E-state index in [1.54, 1.807) is 24.3 Å². The number of anilines is 1. The van der Waals surface area contributed by atoms with Gasteiger partial charge in [0.25, 0.3) is 11.8 Å². The molecule has 4 rings (SSSR count). The van der Waals surface area contributed by atoms with Crippen LogP contribution in [0.4, 0.5) is 5.69 Å². The van der Waals surface area contributed by atoms with E-state index < -0.39 is 24.0 Å². The van der Waals surface area contributed by atoms with Crippen LogP contribution < -0.4 is 15.0 Å². The van der Waals surface area contributed by atoms with Crippen LogP contribution in [0.1, 0.15) is 16.7 Å². The molecule has 3 N–H and O–H groups in total. The summed E-state index contributed by atoms with van der Waals surface area (Å²) in [6.45, 7) is 6.16. The Morgan fingerprint density at radius 2 is 1.46 bits per heavy atom. The summed E-state index contributed by atoms with van der Waals surface area (Å²) >= 11 is 0. The van der Waals surface area contributed by atoms with Crippen molar-refractivity contribution in [3.05, 3.63) is 89.5 Å². The number of para-hydroxylation sites is 1. The molecule has 0 saturated carbocycles. The number of aliphatic hydroxyl groups is 2. The number of hydrogen-bond acceptors (Lipinski definition) is 6. The van der Waals surface area contributed by atoms with Gasteiger partial charge >= 0.3 is 0 Å². The van der Waals surface area contributed by atoms with Crippen molar-refractivity contribution in [3.63, 3.8) is 0 Å². The normalized spacial score (nSPS) is 15.1. The Kier molecular flexibility index (Phi) is 8.43. The van der Waals surface area contributed by atoms with Gasteiger partial charge in [0.15, 0.2) is 12.2 Å². The summed E-state index contributed by atoms with van der Waals surface area (Å²) in [5.74, 6) is -0.0436. The number of nitrogens with one attached hydrogen (secondary N) is 1. The zero-order valence-electron chi connectivity index (χ0n) is 21.1. The van der Waals surface area contributed by atoms with E-state index in [9.17, 15) is 19.8 Å². The van der Waals surface area contributed by atoms with Crippen molar-refractivity contribution in [2.75, 3.05) is 31.1 Å². The maximum atomic E-state index is 12.7. The predicted molar refractivity (Wildman–Crippen MR) is 142 cm³/mol. The zero-order chi connectivity index (χ0) is 26.4. The SMILES string of the molecule is Cc1cc(C)cc(Oc2ccc(CNC(=O)[C@H](O)[C@@H](O)C(=O)N3CCN(c4ccccc4)CC3)cc2)c1. The van der Waals surface area contributed by atoms with Crippen molar-refractivity contribution in [1.29, 1.82) is 0 Å². The smallest absolute Gasteiger partial charge is 0.254 e. The molecule has 37 heavy (non-hydrogen) atoms. The second-order valence-electron chi connectivity index (χ2n) is 9.32. The van der Waals surface area contributed by atoms with E-state index in [0.29, 0.717) is 31.9 Å². The second kappa shape index (κ2) is 11.9. The molecule has 194 valence electrons. The minimum atomic E-state index is -1.85. The highest BCUT2D eigenvalue weighted by molar-refractivity contribution is 5.90. The molecule has 3 aromatic carbocycles. The third-order valence-corrected chi connectivity index (χ3v) is 6.35. The fourth-order valence-electron chi connectivity index (χ4n) is 4.39. The number of carbonyl (C=O) groups excluding carboxylic acids is 2. The molecule has 1 fully saturated rings. The van der Waals surface area contributed by atoms with Gasteiger partial charge < -0.3 is 30.1 Å². The molecular formula is C29H33N3O5. The van der Waals surface area contributed by atoms with Gasteiger partial charge in [-0.15, -0.1) is 0 Å². The molecule has 8 nitrogen and oxygen atoms in total. The average Bonchev–Trinajstić information content (AvgIpc) is 2.91. The van der Waals surface area contributed by atoms with Gasteiger partial charge in [0, 0.05) is 38.4 Å². The molecule has 8 heteroatoms. The molecule has 1 aliphatic heterocycles. The lowest BCUT2D eigenvalue weighted by atomic mass is 10.1. The minimum absolute atomic E-state index is 0.135. The number of rotatable bonds is 8. The predicted octanol–water partition coefficient (Wildman–Crippen LogP) is 2.78. The van der Waals surface area contributed by atoms with Gasteiger partial charge in [-0.1, -0.05) is 36.4 Å². The summed E-state index contributed by atoms with van der Waals surface area (Å²) < 4.78 is 5.90. The average molecular weight is 504 g/mol. The maximum absolute atomic E-state index is 12.7. The standard InChI is InChI=1S/C29H33N3O5/c1-20-16-21(2)18-25(17-20)37-24-10-8-22(9-11-24)19-30-28(35)26(33)27(34)29(36)32-14-12-31(13-15-32)23-6-4-3-5-7-23/h3-11,16-18,26-27,33-34H,12-15,19H2,1-2H3,(H,30,35)/t26-,27-/m1/s1. The van der Waals surface area contributed by atoms with E-state index in [1.807, 2.05) is 56.3 Å². The Hall–Kier alpha value is -3.88. The van der Waals surface area contributed by atoms with E-state index >= 15 is 0 Å². The molecule has 0 bridgehead atoms. The van der Waals surface area contributed by atoms with Crippen LogP contribution in [0.25, 0.3) is 0 Å². The quantitative estimate of drug-likeness (QED) is 0.437. The Morgan fingerprint density at radius 3 is 2.08 bits per heavy atom. The molecule has 2 atom stereocenters. The van der Waals surface area contributed by atoms with Crippen LogP contribution in [0.5, 0.6) is 11.5 Å². The fourth-order valence-corrected chi connectivity index (χ4v) is 4.39. The number of benzene rings is 3. The van der Waals surface area contributed by atoms with Gasteiger partial charge in [-0.05, 0) is 66.9 Å². The van der Waals surface area contributed by atoms with Gasteiger partial charge in [0.1, 0.15) is 11.5 Å². The molecule has 1 heterocycles. The Bertz CT molecular complexity index is 1190. The first kappa shape index (κ1) is 26.2. The number of piperazine rings is 1. The summed E-state index contributed by atoms with van der Waals surface area (Å²) in [6, 6.07) is 23.1. The molecule has 2 amide bonds. The van der Waals surface area contributed by atoms with Gasteiger partial charge in [-0.2, -0.15) is 0 Å². The van der Waals surface area contributed by atoms with Gasteiger partial charge in [0.2, 0.25) is 0 Å². The third kappa shape index (κ3) is 6.87. The maximum Gasteiger partial charge on any atom is 0.254 e. The number of aryl methyl sites for hydroxylation is 2. The highest BCUT2D eigenvalue weighted by Gasteiger charge is 2.34. The van der Waals surface area contributed by atoms with Crippen LogP contribution in [0.2, 0.25) is 0 Å². The molecule has 3 aromatic rings. The first-order valence-corrected chi connectivity index (χ1v) is 12.4. The second-order valence-corrected chi connectivity index (χ2v) is 9.32. The van der Waals surface area contributed by atoms with E-state index in [-0.39, 0.29) is 6.54 Å². The lowest BCUT2D eigenvalue weighted by molar-refractivity contribution is -0.153. The molecule has 0 spiro atoms. The topological polar surface area (TPSA) is 102 Å². The largest absolute Gasteiger partial charge is 0.457 e. The first-order valence-electron chi connectivity index (χ1n) is 12.4. The van der Waals surface area contributed by atoms with Crippen molar-refractivity contribution in [1.82, 2.24) is 10.2 Å². The Balaban J connectivity index is 1.24. The molecule has 0 aromatic heterocycles. The number of nitrogens with zero attached hydrogens (tertiary/aromatic N) is 2. The van der Waals surface area contributed by atoms with Crippen LogP contribution in [0.3, 0.4) is 0 Å². The first-order chi connectivity index (χ1) is 17.8.